The van der Waals surface area contributed by atoms with Gasteiger partial charge in [-0.15, -0.1) is 0 Å². The Hall–Kier alpha value is -2.89. The van der Waals surface area contributed by atoms with Crippen molar-refractivity contribution < 1.29 is 9.21 Å². The van der Waals surface area contributed by atoms with Crippen LogP contribution in [0.1, 0.15) is 36.1 Å². The van der Waals surface area contributed by atoms with Gasteiger partial charge in [0, 0.05) is 5.39 Å². The Balaban J connectivity index is 2.03. The lowest BCUT2D eigenvalue weighted by Crippen LogP contribution is -2.31. The number of carbonyl (C=O) groups excluding carboxylic acids is 1. The van der Waals surface area contributed by atoms with E-state index in [-0.39, 0.29) is 29.7 Å². The van der Waals surface area contributed by atoms with Crippen LogP contribution in [-0.4, -0.2) is 15.7 Å². The predicted octanol–water partition coefficient (Wildman–Crippen LogP) is 2.50. The first-order valence-corrected chi connectivity index (χ1v) is 7.40. The first-order chi connectivity index (χ1) is 11.1. The van der Waals surface area contributed by atoms with Gasteiger partial charge in [0.25, 0.3) is 11.5 Å². The summed E-state index contributed by atoms with van der Waals surface area (Å²) in [5, 5.41) is 8.06. The van der Waals surface area contributed by atoms with Gasteiger partial charge >= 0.3 is 0 Å². The number of furan rings is 1. The van der Waals surface area contributed by atoms with Gasteiger partial charge in [-0.3, -0.25) is 9.59 Å². The summed E-state index contributed by atoms with van der Waals surface area (Å²) in [7, 11) is 0. The van der Waals surface area contributed by atoms with Crippen molar-refractivity contribution in [1.82, 2.24) is 15.1 Å². The van der Waals surface area contributed by atoms with E-state index in [2.05, 4.69) is 10.4 Å². The largest absolute Gasteiger partial charge is 0.467 e. The van der Waals surface area contributed by atoms with E-state index in [0.29, 0.717) is 16.5 Å². The molecule has 6 heteroatoms. The van der Waals surface area contributed by atoms with E-state index >= 15 is 0 Å². The fraction of sp³-hybridized carbons (Fsp3) is 0.235. The summed E-state index contributed by atoms with van der Waals surface area (Å²) >= 11 is 0. The van der Waals surface area contributed by atoms with E-state index in [1.165, 1.54) is 4.68 Å². The molecule has 0 radical (unpaired) electrons. The van der Waals surface area contributed by atoms with Gasteiger partial charge in [-0.25, -0.2) is 4.68 Å². The molecule has 0 saturated carbocycles. The Kier molecular flexibility index (Phi) is 3.97. The van der Waals surface area contributed by atoms with Crippen LogP contribution >= 0.6 is 0 Å². The van der Waals surface area contributed by atoms with Gasteiger partial charge in [-0.2, -0.15) is 5.10 Å². The lowest BCUT2D eigenvalue weighted by atomic mass is 10.1. The molecule has 3 aromatic rings. The Bertz CT molecular complexity index is 895. The van der Waals surface area contributed by atoms with E-state index < -0.39 is 0 Å². The number of nitrogens with one attached hydrogen (secondary N) is 1. The number of fused-ring (bicyclic) bond motifs is 1. The second-order valence-corrected chi connectivity index (χ2v) is 5.50. The molecule has 6 nitrogen and oxygen atoms in total. The lowest BCUT2D eigenvalue weighted by molar-refractivity contribution is 0.0942. The zero-order chi connectivity index (χ0) is 16.4. The monoisotopic (exact) mass is 311 g/mol. The van der Waals surface area contributed by atoms with Crippen molar-refractivity contribution in [2.24, 2.45) is 0 Å². The van der Waals surface area contributed by atoms with E-state index in [4.69, 9.17) is 4.42 Å². The third-order valence-corrected chi connectivity index (χ3v) is 3.54. The second-order valence-electron chi connectivity index (χ2n) is 5.50. The highest BCUT2D eigenvalue weighted by molar-refractivity contribution is 6.04. The molecule has 0 aliphatic carbocycles. The summed E-state index contributed by atoms with van der Waals surface area (Å²) in [6.45, 7) is 3.98. The number of hydrogen-bond donors (Lipinski definition) is 1. The van der Waals surface area contributed by atoms with Crippen LogP contribution in [0.15, 0.2) is 51.9 Å². The zero-order valence-electron chi connectivity index (χ0n) is 12.9. The van der Waals surface area contributed by atoms with E-state index in [9.17, 15) is 9.59 Å². The minimum Gasteiger partial charge on any atom is -0.467 e. The van der Waals surface area contributed by atoms with Crippen LogP contribution in [0.3, 0.4) is 0 Å². The topological polar surface area (TPSA) is 77.1 Å². The maximum Gasteiger partial charge on any atom is 0.274 e. The minimum atomic E-state index is -0.341. The van der Waals surface area contributed by atoms with Gasteiger partial charge in [0.05, 0.1) is 24.2 Å². The number of rotatable bonds is 4. The first-order valence-electron chi connectivity index (χ1n) is 7.40. The van der Waals surface area contributed by atoms with Crippen molar-refractivity contribution in [2.75, 3.05) is 0 Å². The SMILES string of the molecule is CC(C)n1nc(C(=O)NCc2ccco2)c2ccccc2c1=O. The smallest absolute Gasteiger partial charge is 0.274 e. The molecule has 0 aliphatic rings. The van der Waals surface area contributed by atoms with Gasteiger partial charge in [0.2, 0.25) is 0 Å². The lowest BCUT2D eigenvalue weighted by Gasteiger charge is -2.13. The summed E-state index contributed by atoms with van der Waals surface area (Å²) in [6, 6.07) is 10.4. The average molecular weight is 311 g/mol. The molecule has 0 bridgehead atoms. The summed E-state index contributed by atoms with van der Waals surface area (Å²) in [5.74, 6) is 0.312. The van der Waals surface area contributed by atoms with Crippen molar-refractivity contribution in [2.45, 2.75) is 26.4 Å². The number of amides is 1. The summed E-state index contributed by atoms with van der Waals surface area (Å²) in [5.41, 5.74) is 0.0404. The van der Waals surface area contributed by atoms with Crippen molar-refractivity contribution in [3.8, 4) is 0 Å². The van der Waals surface area contributed by atoms with E-state index in [0.717, 1.165) is 0 Å². The molecular weight excluding hydrogens is 294 g/mol. The number of nitrogens with zero attached hydrogens (tertiary/aromatic N) is 2. The van der Waals surface area contributed by atoms with Crippen molar-refractivity contribution in [3.05, 3.63) is 64.5 Å². The highest BCUT2D eigenvalue weighted by atomic mass is 16.3. The number of aromatic nitrogens is 2. The van der Waals surface area contributed by atoms with Crippen LogP contribution in [0.2, 0.25) is 0 Å². The maximum atomic E-state index is 12.5. The molecule has 2 heterocycles. The van der Waals surface area contributed by atoms with Crippen molar-refractivity contribution in [1.29, 1.82) is 0 Å². The standard InChI is InChI=1S/C17H17N3O3/c1-11(2)20-17(22)14-8-4-3-7-13(14)15(19-20)16(21)18-10-12-6-5-9-23-12/h3-9,11H,10H2,1-2H3,(H,18,21). The Morgan fingerprint density at radius 3 is 2.61 bits per heavy atom. The summed E-state index contributed by atoms with van der Waals surface area (Å²) in [4.78, 5) is 25.0. The molecule has 2 aromatic heterocycles. The van der Waals surface area contributed by atoms with Gasteiger partial charge in [-0.05, 0) is 32.0 Å². The third kappa shape index (κ3) is 2.88. The van der Waals surface area contributed by atoms with Crippen LogP contribution in [0.25, 0.3) is 10.8 Å². The molecule has 23 heavy (non-hydrogen) atoms. The Labute approximate surface area is 132 Å². The Morgan fingerprint density at radius 2 is 1.96 bits per heavy atom. The highest BCUT2D eigenvalue weighted by Crippen LogP contribution is 2.15. The predicted molar refractivity (Wildman–Crippen MR) is 86.3 cm³/mol. The van der Waals surface area contributed by atoms with Gasteiger partial charge in [0.15, 0.2) is 5.69 Å². The van der Waals surface area contributed by atoms with Gasteiger partial charge < -0.3 is 9.73 Å². The Morgan fingerprint density at radius 1 is 1.22 bits per heavy atom. The maximum absolute atomic E-state index is 12.5. The molecule has 0 aliphatic heterocycles. The second kappa shape index (κ2) is 6.08. The minimum absolute atomic E-state index is 0.135. The molecule has 118 valence electrons. The van der Waals surface area contributed by atoms with E-state index in [1.54, 1.807) is 42.7 Å². The normalized spacial score (nSPS) is 11.1. The van der Waals surface area contributed by atoms with Crippen LogP contribution in [0.5, 0.6) is 0 Å². The quantitative estimate of drug-likeness (QED) is 0.803. The molecular formula is C17H17N3O3. The first kappa shape index (κ1) is 15.0. The van der Waals surface area contributed by atoms with Crippen LogP contribution in [-0.2, 0) is 6.54 Å². The zero-order valence-corrected chi connectivity index (χ0v) is 12.9. The number of hydrogen-bond acceptors (Lipinski definition) is 4. The van der Waals surface area contributed by atoms with Crippen LogP contribution in [0.4, 0.5) is 0 Å². The molecule has 3 rings (SSSR count). The van der Waals surface area contributed by atoms with Gasteiger partial charge in [0.1, 0.15) is 5.76 Å². The number of benzene rings is 1. The van der Waals surface area contributed by atoms with Crippen molar-refractivity contribution in [3.63, 3.8) is 0 Å². The third-order valence-electron chi connectivity index (χ3n) is 3.54. The fourth-order valence-corrected chi connectivity index (χ4v) is 2.39. The molecule has 0 fully saturated rings. The van der Waals surface area contributed by atoms with Crippen LogP contribution in [0, 0.1) is 0 Å². The highest BCUT2D eigenvalue weighted by Gasteiger charge is 2.17. The molecule has 0 saturated heterocycles. The van der Waals surface area contributed by atoms with Crippen molar-refractivity contribution >= 4 is 16.7 Å². The van der Waals surface area contributed by atoms with Crippen LogP contribution < -0.4 is 10.9 Å². The van der Waals surface area contributed by atoms with Gasteiger partial charge in [-0.1, -0.05) is 18.2 Å². The fourth-order valence-electron chi connectivity index (χ4n) is 2.39. The molecule has 1 aromatic carbocycles. The molecule has 0 unspecified atom stereocenters. The molecule has 1 N–H and O–H groups in total. The summed E-state index contributed by atoms with van der Waals surface area (Å²) < 4.78 is 6.54. The number of carbonyl (C=O) groups is 1. The molecule has 1 amide bonds. The average Bonchev–Trinajstić information content (AvgIpc) is 3.06. The molecule has 0 spiro atoms. The summed E-state index contributed by atoms with van der Waals surface area (Å²) in [6.07, 6.45) is 1.55. The molecule has 0 atom stereocenters. The van der Waals surface area contributed by atoms with E-state index in [1.807, 2.05) is 13.8 Å².